The second kappa shape index (κ2) is 6.55. The lowest BCUT2D eigenvalue weighted by molar-refractivity contribution is -0.139. The van der Waals surface area contributed by atoms with Crippen LogP contribution in [0.4, 0.5) is 0 Å². The van der Waals surface area contributed by atoms with Gasteiger partial charge in [0.1, 0.15) is 11.4 Å². The van der Waals surface area contributed by atoms with Gasteiger partial charge < -0.3 is 19.3 Å². The summed E-state index contributed by atoms with van der Waals surface area (Å²) in [7, 11) is 6.37. The molecule has 0 saturated carbocycles. The number of hydrogen-bond acceptors (Lipinski definition) is 6. The van der Waals surface area contributed by atoms with Crippen LogP contribution in [0.15, 0.2) is 47.5 Å². The standard InChI is InChI=1S/C18H24N2O4/c1-12-9-13(16(21)23-5)20(4)15(10-12)18(2)7-8-19(3)14(11-18)17(22)24-6/h7-11,15H,1-6H3. The van der Waals surface area contributed by atoms with E-state index in [1.807, 2.05) is 44.1 Å². The van der Waals surface area contributed by atoms with E-state index in [1.54, 1.807) is 18.0 Å². The van der Waals surface area contributed by atoms with Gasteiger partial charge in [-0.2, -0.15) is 0 Å². The molecule has 2 heterocycles. The van der Waals surface area contributed by atoms with Crippen molar-refractivity contribution in [2.24, 2.45) is 5.41 Å². The van der Waals surface area contributed by atoms with Gasteiger partial charge >= 0.3 is 11.9 Å². The van der Waals surface area contributed by atoms with Crippen LogP contribution in [-0.4, -0.2) is 56.1 Å². The minimum absolute atomic E-state index is 0.138. The molecular weight excluding hydrogens is 308 g/mol. The molecule has 6 heteroatoms. The van der Waals surface area contributed by atoms with Crippen molar-refractivity contribution in [1.29, 1.82) is 0 Å². The van der Waals surface area contributed by atoms with E-state index in [4.69, 9.17) is 9.47 Å². The molecule has 0 bridgehead atoms. The third-order valence-corrected chi connectivity index (χ3v) is 4.49. The summed E-state index contributed by atoms with van der Waals surface area (Å²) in [4.78, 5) is 27.7. The summed E-state index contributed by atoms with van der Waals surface area (Å²) < 4.78 is 9.75. The zero-order chi connectivity index (χ0) is 18.1. The summed E-state index contributed by atoms with van der Waals surface area (Å²) in [5, 5.41) is 0. The first-order valence-corrected chi connectivity index (χ1v) is 7.68. The summed E-state index contributed by atoms with van der Waals surface area (Å²) in [6.45, 7) is 3.96. The normalized spacial score (nSPS) is 26.4. The predicted octanol–water partition coefficient (Wildman–Crippen LogP) is 1.83. The SMILES string of the molecule is COC(=O)C1=CC(C)(C2C=C(C)C=C(C(=O)OC)N2C)C=CN1C. The predicted molar refractivity (Wildman–Crippen MR) is 90.5 cm³/mol. The minimum Gasteiger partial charge on any atom is -0.464 e. The molecular formula is C18H24N2O4. The van der Waals surface area contributed by atoms with Crippen molar-refractivity contribution in [2.45, 2.75) is 19.9 Å². The Kier molecular flexibility index (Phi) is 4.87. The van der Waals surface area contributed by atoms with Crippen molar-refractivity contribution in [2.75, 3.05) is 28.3 Å². The topological polar surface area (TPSA) is 59.1 Å². The van der Waals surface area contributed by atoms with E-state index >= 15 is 0 Å². The van der Waals surface area contributed by atoms with Crippen molar-refractivity contribution in [3.8, 4) is 0 Å². The first kappa shape index (κ1) is 17.8. The van der Waals surface area contributed by atoms with E-state index in [9.17, 15) is 9.59 Å². The highest BCUT2D eigenvalue weighted by atomic mass is 16.5. The molecule has 0 aromatic heterocycles. The Morgan fingerprint density at radius 3 is 2.29 bits per heavy atom. The van der Waals surface area contributed by atoms with E-state index in [0.717, 1.165) is 5.57 Å². The van der Waals surface area contributed by atoms with Crippen LogP contribution in [0.2, 0.25) is 0 Å². The molecule has 2 atom stereocenters. The van der Waals surface area contributed by atoms with Crippen LogP contribution in [0.3, 0.4) is 0 Å². The molecule has 2 rings (SSSR count). The maximum Gasteiger partial charge on any atom is 0.354 e. The number of rotatable bonds is 3. The fourth-order valence-electron chi connectivity index (χ4n) is 3.07. The largest absolute Gasteiger partial charge is 0.464 e. The third-order valence-electron chi connectivity index (χ3n) is 4.49. The molecule has 24 heavy (non-hydrogen) atoms. The lowest BCUT2D eigenvalue weighted by Gasteiger charge is -2.43. The number of likely N-dealkylation sites (N-methyl/N-ethyl adjacent to an activating group) is 2. The molecule has 0 aliphatic carbocycles. The van der Waals surface area contributed by atoms with Gasteiger partial charge in [-0.05, 0) is 19.1 Å². The molecule has 0 fully saturated rings. The van der Waals surface area contributed by atoms with Crippen molar-refractivity contribution >= 4 is 11.9 Å². The molecule has 0 spiro atoms. The summed E-state index contributed by atoms with van der Waals surface area (Å²) in [5.74, 6) is -0.774. The van der Waals surface area contributed by atoms with Crippen LogP contribution in [0, 0.1) is 5.41 Å². The molecule has 0 N–H and O–H groups in total. The van der Waals surface area contributed by atoms with Gasteiger partial charge in [0.25, 0.3) is 0 Å². The Morgan fingerprint density at radius 1 is 1.12 bits per heavy atom. The highest BCUT2D eigenvalue weighted by Crippen LogP contribution is 2.38. The van der Waals surface area contributed by atoms with Gasteiger partial charge in [-0.25, -0.2) is 9.59 Å². The molecule has 2 aliphatic heterocycles. The van der Waals surface area contributed by atoms with Gasteiger partial charge in [0.2, 0.25) is 0 Å². The number of methoxy groups -OCH3 is 2. The molecule has 0 aromatic carbocycles. The highest BCUT2D eigenvalue weighted by molar-refractivity contribution is 5.89. The first-order chi connectivity index (χ1) is 11.2. The number of carbonyl (C=O) groups excluding carboxylic acids is 2. The molecule has 0 aromatic rings. The number of nitrogens with zero attached hydrogens (tertiary/aromatic N) is 2. The number of esters is 2. The summed E-state index contributed by atoms with van der Waals surface area (Å²) in [6, 6.07) is -0.138. The Balaban J connectivity index is 2.44. The molecule has 0 radical (unpaired) electrons. The second-order valence-corrected chi connectivity index (χ2v) is 6.30. The fraction of sp³-hybridized carbons (Fsp3) is 0.444. The van der Waals surface area contributed by atoms with Crippen LogP contribution < -0.4 is 0 Å². The molecule has 2 aliphatic rings. The van der Waals surface area contributed by atoms with Gasteiger partial charge in [-0.1, -0.05) is 24.6 Å². The van der Waals surface area contributed by atoms with E-state index in [-0.39, 0.29) is 12.0 Å². The van der Waals surface area contributed by atoms with Gasteiger partial charge in [0.15, 0.2) is 0 Å². The van der Waals surface area contributed by atoms with Crippen molar-refractivity contribution < 1.29 is 19.1 Å². The summed E-state index contributed by atoms with van der Waals surface area (Å²) >= 11 is 0. The van der Waals surface area contributed by atoms with E-state index in [0.29, 0.717) is 11.4 Å². The monoisotopic (exact) mass is 332 g/mol. The smallest absolute Gasteiger partial charge is 0.354 e. The number of allylic oxidation sites excluding steroid dienone is 2. The number of ether oxygens (including phenoxy) is 2. The van der Waals surface area contributed by atoms with Crippen molar-refractivity contribution in [3.05, 3.63) is 47.5 Å². The zero-order valence-corrected chi connectivity index (χ0v) is 15.0. The van der Waals surface area contributed by atoms with E-state index < -0.39 is 11.4 Å². The van der Waals surface area contributed by atoms with Crippen molar-refractivity contribution in [3.63, 3.8) is 0 Å². The summed E-state index contributed by atoms with van der Waals surface area (Å²) in [5.41, 5.74) is 1.44. The van der Waals surface area contributed by atoms with E-state index in [1.165, 1.54) is 14.2 Å². The van der Waals surface area contributed by atoms with Crippen LogP contribution in [-0.2, 0) is 19.1 Å². The van der Waals surface area contributed by atoms with Gasteiger partial charge in [0, 0.05) is 25.7 Å². The minimum atomic E-state index is -0.487. The Bertz CT molecular complexity index is 675. The Morgan fingerprint density at radius 2 is 1.71 bits per heavy atom. The summed E-state index contributed by atoms with van der Waals surface area (Å²) in [6.07, 6.45) is 9.62. The average molecular weight is 332 g/mol. The molecule has 0 amide bonds. The lowest BCUT2D eigenvalue weighted by atomic mass is 9.77. The van der Waals surface area contributed by atoms with Crippen LogP contribution in [0.1, 0.15) is 13.8 Å². The van der Waals surface area contributed by atoms with Gasteiger partial charge in [-0.15, -0.1) is 0 Å². The number of carbonyl (C=O) groups is 2. The fourth-order valence-corrected chi connectivity index (χ4v) is 3.07. The Hall–Kier alpha value is -2.50. The first-order valence-electron chi connectivity index (χ1n) is 7.68. The van der Waals surface area contributed by atoms with Crippen molar-refractivity contribution in [1.82, 2.24) is 9.80 Å². The number of hydrogen-bond donors (Lipinski definition) is 0. The van der Waals surface area contributed by atoms with E-state index in [2.05, 4.69) is 6.08 Å². The van der Waals surface area contributed by atoms with Gasteiger partial charge in [-0.3, -0.25) is 0 Å². The molecule has 2 unspecified atom stereocenters. The molecule has 130 valence electrons. The Labute approximate surface area is 142 Å². The average Bonchev–Trinajstić information content (AvgIpc) is 2.57. The molecule has 0 saturated heterocycles. The van der Waals surface area contributed by atoms with Gasteiger partial charge in [0.05, 0.1) is 20.3 Å². The van der Waals surface area contributed by atoms with Crippen LogP contribution >= 0.6 is 0 Å². The van der Waals surface area contributed by atoms with Crippen LogP contribution in [0.25, 0.3) is 0 Å². The maximum atomic E-state index is 12.1. The molecule has 6 nitrogen and oxygen atoms in total. The van der Waals surface area contributed by atoms with Crippen LogP contribution in [0.5, 0.6) is 0 Å². The highest BCUT2D eigenvalue weighted by Gasteiger charge is 2.39. The quantitative estimate of drug-likeness (QED) is 0.735. The lowest BCUT2D eigenvalue weighted by Crippen LogP contribution is -2.46. The second-order valence-electron chi connectivity index (χ2n) is 6.30. The maximum absolute atomic E-state index is 12.1. The zero-order valence-electron chi connectivity index (χ0n) is 15.0. The third kappa shape index (κ3) is 3.09.